The fourth-order valence-electron chi connectivity index (χ4n) is 2.82. The highest BCUT2D eigenvalue weighted by atomic mass is 35.5. The van der Waals surface area contributed by atoms with Gasteiger partial charge in [0.2, 0.25) is 0 Å². The number of anilines is 2. The van der Waals surface area contributed by atoms with E-state index in [1.54, 1.807) is 6.20 Å². The van der Waals surface area contributed by atoms with Crippen molar-refractivity contribution in [3.05, 3.63) is 29.4 Å². The van der Waals surface area contributed by atoms with E-state index in [9.17, 15) is 0 Å². The van der Waals surface area contributed by atoms with Crippen LogP contribution in [0.2, 0.25) is 5.02 Å². The van der Waals surface area contributed by atoms with E-state index in [0.29, 0.717) is 16.8 Å². The Labute approximate surface area is 144 Å². The van der Waals surface area contributed by atoms with Crippen LogP contribution in [-0.2, 0) is 0 Å². The second-order valence-electron chi connectivity index (χ2n) is 5.96. The molecule has 0 radical (unpaired) electrons. The first-order valence-electron chi connectivity index (χ1n) is 8.37. The third kappa shape index (κ3) is 4.72. The highest BCUT2D eigenvalue weighted by Crippen LogP contribution is 2.30. The summed E-state index contributed by atoms with van der Waals surface area (Å²) in [5, 5.41) is 5.26. The fourth-order valence-corrected chi connectivity index (χ4v) is 2.99. The third-order valence-electron chi connectivity index (χ3n) is 4.26. The van der Waals surface area contributed by atoms with E-state index in [0.717, 1.165) is 42.6 Å². The Morgan fingerprint density at radius 2 is 2.04 bits per heavy atom. The molecular weight excluding hydrogens is 308 g/mol. The number of nitrogens with one attached hydrogen (secondary N) is 1. The second-order valence-corrected chi connectivity index (χ2v) is 6.40. The minimum Gasteiger partial charge on any atom is -0.396 e. The number of hydrogen-bond donors (Lipinski definition) is 2. The molecule has 3 N–H and O–H groups in total. The third-order valence-corrected chi connectivity index (χ3v) is 4.49. The van der Waals surface area contributed by atoms with Crippen LogP contribution in [-0.4, -0.2) is 35.6 Å². The van der Waals surface area contributed by atoms with Crippen LogP contribution in [0.25, 0.3) is 10.9 Å². The zero-order valence-electron chi connectivity index (χ0n) is 14.3. The zero-order valence-corrected chi connectivity index (χ0v) is 15.0. The summed E-state index contributed by atoms with van der Waals surface area (Å²) in [7, 11) is 0. The van der Waals surface area contributed by atoms with E-state index in [-0.39, 0.29) is 0 Å². The first kappa shape index (κ1) is 17.8. The van der Waals surface area contributed by atoms with Gasteiger partial charge >= 0.3 is 0 Å². The van der Waals surface area contributed by atoms with E-state index >= 15 is 0 Å². The molecule has 0 aliphatic heterocycles. The molecule has 1 unspecified atom stereocenters. The molecule has 0 amide bonds. The molecule has 0 fully saturated rings. The molecule has 0 aliphatic carbocycles. The van der Waals surface area contributed by atoms with E-state index in [1.807, 2.05) is 18.2 Å². The highest BCUT2D eigenvalue weighted by Gasteiger charge is 2.10. The van der Waals surface area contributed by atoms with Gasteiger partial charge in [-0.3, -0.25) is 4.98 Å². The molecule has 5 heteroatoms. The van der Waals surface area contributed by atoms with Gasteiger partial charge in [-0.2, -0.15) is 0 Å². The molecular formula is C18H27ClN4. The van der Waals surface area contributed by atoms with Crippen molar-refractivity contribution in [2.24, 2.45) is 0 Å². The summed E-state index contributed by atoms with van der Waals surface area (Å²) in [6.07, 6.45) is 3.97. The lowest BCUT2D eigenvalue weighted by atomic mass is 10.1. The predicted octanol–water partition coefficient (Wildman–Crippen LogP) is 4.39. The van der Waals surface area contributed by atoms with Gasteiger partial charge in [-0.25, -0.2) is 0 Å². The summed E-state index contributed by atoms with van der Waals surface area (Å²) in [5.41, 5.74) is 8.63. The maximum atomic E-state index is 6.13. The van der Waals surface area contributed by atoms with Crippen molar-refractivity contribution in [3.63, 3.8) is 0 Å². The van der Waals surface area contributed by atoms with Crippen LogP contribution in [0.3, 0.4) is 0 Å². The summed E-state index contributed by atoms with van der Waals surface area (Å²) < 4.78 is 0. The Bertz CT molecular complexity index is 640. The van der Waals surface area contributed by atoms with Crippen molar-refractivity contribution in [1.29, 1.82) is 0 Å². The number of nitrogens with two attached hydrogens (primary N) is 1. The number of hydrogen-bond acceptors (Lipinski definition) is 4. The Morgan fingerprint density at radius 3 is 2.74 bits per heavy atom. The zero-order chi connectivity index (χ0) is 16.8. The first-order valence-corrected chi connectivity index (χ1v) is 8.75. The summed E-state index contributed by atoms with van der Waals surface area (Å²) in [4.78, 5) is 6.81. The Hall–Kier alpha value is -1.52. The number of nitrogen functional groups attached to an aromatic ring is 1. The van der Waals surface area contributed by atoms with Crippen LogP contribution in [0, 0.1) is 0 Å². The monoisotopic (exact) mass is 334 g/mol. The van der Waals surface area contributed by atoms with E-state index in [1.165, 1.54) is 6.42 Å². The number of rotatable bonds is 8. The first-order chi connectivity index (χ1) is 11.0. The van der Waals surface area contributed by atoms with Gasteiger partial charge in [-0.05, 0) is 57.6 Å². The largest absolute Gasteiger partial charge is 0.396 e. The number of benzene rings is 1. The number of aromatic nitrogens is 1. The van der Waals surface area contributed by atoms with Crippen molar-refractivity contribution in [2.75, 3.05) is 30.7 Å². The summed E-state index contributed by atoms with van der Waals surface area (Å²) >= 11 is 6.05. The van der Waals surface area contributed by atoms with Crippen LogP contribution in [0.1, 0.15) is 33.6 Å². The molecule has 23 heavy (non-hydrogen) atoms. The predicted molar refractivity (Wildman–Crippen MR) is 101 cm³/mol. The minimum absolute atomic E-state index is 0.356. The molecule has 1 aromatic carbocycles. The molecule has 1 aromatic heterocycles. The van der Waals surface area contributed by atoms with Gasteiger partial charge < -0.3 is 16.0 Å². The molecule has 0 spiro atoms. The van der Waals surface area contributed by atoms with Gasteiger partial charge in [0.05, 0.1) is 23.1 Å². The molecule has 2 aromatic rings. The Kier molecular flexibility index (Phi) is 6.48. The maximum Gasteiger partial charge on any atom is 0.0743 e. The van der Waals surface area contributed by atoms with E-state index in [4.69, 9.17) is 17.3 Å². The molecule has 0 saturated heterocycles. The van der Waals surface area contributed by atoms with Gasteiger partial charge in [0, 0.05) is 16.5 Å². The Balaban J connectivity index is 2.04. The van der Waals surface area contributed by atoms with E-state index in [2.05, 4.69) is 36.0 Å². The minimum atomic E-state index is 0.356. The summed E-state index contributed by atoms with van der Waals surface area (Å²) in [5.74, 6) is 0. The summed E-state index contributed by atoms with van der Waals surface area (Å²) in [6, 6.07) is 6.08. The van der Waals surface area contributed by atoms with Crippen LogP contribution in [0.4, 0.5) is 11.4 Å². The maximum absolute atomic E-state index is 6.13. The van der Waals surface area contributed by atoms with Gasteiger partial charge in [0.15, 0.2) is 0 Å². The number of nitrogens with zero attached hydrogens (tertiary/aromatic N) is 2. The van der Waals surface area contributed by atoms with Crippen molar-refractivity contribution < 1.29 is 0 Å². The SMILES string of the molecule is CCN(CC)CCCC(C)Nc1c(N)cnc2cc(Cl)ccc12. The quantitative estimate of drug-likeness (QED) is 0.751. The van der Waals surface area contributed by atoms with Crippen LogP contribution in [0.15, 0.2) is 24.4 Å². The van der Waals surface area contributed by atoms with Crippen molar-refractivity contribution in [1.82, 2.24) is 9.88 Å². The summed E-state index contributed by atoms with van der Waals surface area (Å²) in [6.45, 7) is 9.98. The lowest BCUT2D eigenvalue weighted by Crippen LogP contribution is -2.25. The lowest BCUT2D eigenvalue weighted by molar-refractivity contribution is 0.295. The van der Waals surface area contributed by atoms with Gasteiger partial charge in [-0.1, -0.05) is 25.4 Å². The highest BCUT2D eigenvalue weighted by molar-refractivity contribution is 6.31. The van der Waals surface area contributed by atoms with Crippen molar-refractivity contribution in [3.8, 4) is 0 Å². The molecule has 0 aliphatic rings. The average molecular weight is 335 g/mol. The van der Waals surface area contributed by atoms with Crippen LogP contribution < -0.4 is 11.1 Å². The van der Waals surface area contributed by atoms with Gasteiger partial charge in [0.25, 0.3) is 0 Å². The molecule has 4 nitrogen and oxygen atoms in total. The second kappa shape index (κ2) is 8.37. The molecule has 2 rings (SSSR count). The molecule has 1 atom stereocenters. The molecule has 126 valence electrons. The van der Waals surface area contributed by atoms with Crippen LogP contribution in [0.5, 0.6) is 0 Å². The van der Waals surface area contributed by atoms with Gasteiger partial charge in [-0.15, -0.1) is 0 Å². The van der Waals surface area contributed by atoms with E-state index < -0.39 is 0 Å². The number of fused-ring (bicyclic) bond motifs is 1. The van der Waals surface area contributed by atoms with Gasteiger partial charge in [0.1, 0.15) is 0 Å². The van der Waals surface area contributed by atoms with Crippen molar-refractivity contribution >= 4 is 33.9 Å². The molecule has 1 heterocycles. The standard InChI is InChI=1S/C18H27ClN4/c1-4-23(5-2)10-6-7-13(3)22-18-15-9-8-14(19)11-17(15)21-12-16(18)20/h8-9,11-13H,4-7,10,20H2,1-3H3,(H,21,22). The smallest absolute Gasteiger partial charge is 0.0743 e. The molecule has 0 bridgehead atoms. The van der Waals surface area contributed by atoms with Crippen LogP contribution >= 0.6 is 11.6 Å². The molecule has 0 saturated carbocycles. The average Bonchev–Trinajstić information content (AvgIpc) is 2.54. The number of halogens is 1. The topological polar surface area (TPSA) is 54.2 Å². The fraction of sp³-hybridized carbons (Fsp3) is 0.500. The normalized spacial score (nSPS) is 12.7. The Morgan fingerprint density at radius 1 is 1.30 bits per heavy atom. The lowest BCUT2D eigenvalue weighted by Gasteiger charge is -2.21. The number of pyridine rings is 1. The van der Waals surface area contributed by atoms with Crippen molar-refractivity contribution in [2.45, 2.75) is 39.7 Å².